The largest absolute Gasteiger partial charge is 0.122 e. The summed E-state index contributed by atoms with van der Waals surface area (Å²) in [4.78, 5) is 0. The first-order valence-electron chi connectivity index (χ1n) is 6.72. The maximum absolute atomic E-state index is 2.46. The van der Waals surface area contributed by atoms with Crippen LogP contribution in [0.2, 0.25) is 0 Å². The van der Waals surface area contributed by atoms with Crippen molar-refractivity contribution >= 4 is 22.5 Å². The Morgan fingerprint density at radius 2 is 1.94 bits per heavy atom. The van der Waals surface area contributed by atoms with E-state index in [2.05, 4.69) is 44.5 Å². The third-order valence-corrected chi connectivity index (χ3v) is 6.76. The maximum Gasteiger partial charge on any atom is -0.0150 e. The van der Waals surface area contributed by atoms with Crippen LogP contribution < -0.4 is 5.30 Å². The number of hydrogen-bond donors (Lipinski definition) is 0. The third-order valence-electron chi connectivity index (χ3n) is 4.30. The second kappa shape index (κ2) is 6.31. The Kier molecular flexibility index (Phi) is 5.01. The molecule has 1 aromatic carbocycles. The highest BCUT2D eigenvalue weighted by Gasteiger charge is 2.31. The number of benzene rings is 1. The summed E-state index contributed by atoms with van der Waals surface area (Å²) in [6, 6.07) is 9.09. The standard InChI is InChI=1S/C15H24P2/c1-11(13-8-6-10-15(13)17-3)12-7-4-5-9-14(12)16-2/h4-5,7,9,11,13,15-17H,6,8,10H2,1-3H3/t11-,13?,15?/m1/s1. The number of rotatable bonds is 4. The molecule has 0 aliphatic heterocycles. The second-order valence-corrected chi connectivity index (χ2v) is 7.47. The average molecular weight is 266 g/mol. The Hall–Kier alpha value is 0.0800. The Labute approximate surface area is 110 Å². The first-order chi connectivity index (χ1) is 8.27. The van der Waals surface area contributed by atoms with Gasteiger partial charge in [-0.2, -0.15) is 0 Å². The van der Waals surface area contributed by atoms with Crippen molar-refractivity contribution in [3.05, 3.63) is 29.8 Å². The van der Waals surface area contributed by atoms with Crippen molar-refractivity contribution in [1.29, 1.82) is 0 Å². The van der Waals surface area contributed by atoms with E-state index < -0.39 is 0 Å². The molecule has 1 saturated carbocycles. The van der Waals surface area contributed by atoms with E-state index in [1.165, 1.54) is 19.3 Å². The lowest BCUT2D eigenvalue weighted by Crippen LogP contribution is -2.20. The molecule has 1 aromatic rings. The highest BCUT2D eigenvalue weighted by atomic mass is 31.1. The van der Waals surface area contributed by atoms with Crippen LogP contribution in [0, 0.1) is 5.92 Å². The third kappa shape index (κ3) is 2.91. The monoisotopic (exact) mass is 266 g/mol. The minimum absolute atomic E-state index is 0.763. The van der Waals surface area contributed by atoms with Gasteiger partial charge in [-0.25, -0.2) is 0 Å². The highest BCUT2D eigenvalue weighted by molar-refractivity contribution is 7.46. The molecular formula is C15H24P2. The van der Waals surface area contributed by atoms with Gasteiger partial charge in [0.2, 0.25) is 0 Å². The molecule has 4 unspecified atom stereocenters. The Bertz CT molecular complexity index is 362. The Balaban J connectivity index is 2.21. The fraction of sp³-hybridized carbons (Fsp3) is 0.600. The van der Waals surface area contributed by atoms with Crippen LogP contribution in [0.25, 0.3) is 0 Å². The van der Waals surface area contributed by atoms with Gasteiger partial charge in [0.05, 0.1) is 0 Å². The van der Waals surface area contributed by atoms with Gasteiger partial charge in [-0.15, -0.1) is 8.58 Å². The summed E-state index contributed by atoms with van der Waals surface area (Å²) in [6.07, 6.45) is 4.38. The van der Waals surface area contributed by atoms with Gasteiger partial charge in [-0.05, 0) is 54.5 Å². The minimum Gasteiger partial charge on any atom is -0.122 e. The van der Waals surface area contributed by atoms with Gasteiger partial charge in [0.25, 0.3) is 0 Å². The molecule has 5 atom stereocenters. The van der Waals surface area contributed by atoms with E-state index in [0.717, 1.165) is 34.7 Å². The molecule has 0 bridgehead atoms. The van der Waals surface area contributed by atoms with Crippen molar-refractivity contribution in [3.8, 4) is 0 Å². The molecule has 0 nitrogen and oxygen atoms in total. The quantitative estimate of drug-likeness (QED) is 0.716. The molecular weight excluding hydrogens is 242 g/mol. The van der Waals surface area contributed by atoms with E-state index in [-0.39, 0.29) is 0 Å². The van der Waals surface area contributed by atoms with Crippen molar-refractivity contribution in [2.75, 3.05) is 13.3 Å². The molecule has 17 heavy (non-hydrogen) atoms. The molecule has 1 fully saturated rings. The van der Waals surface area contributed by atoms with Crippen molar-refractivity contribution in [3.63, 3.8) is 0 Å². The molecule has 0 aromatic heterocycles. The second-order valence-electron chi connectivity index (χ2n) is 5.12. The van der Waals surface area contributed by atoms with E-state index in [9.17, 15) is 0 Å². The average Bonchev–Trinajstić information content (AvgIpc) is 2.86. The van der Waals surface area contributed by atoms with Crippen molar-refractivity contribution in [2.24, 2.45) is 5.92 Å². The van der Waals surface area contributed by atoms with Crippen LogP contribution in [0.5, 0.6) is 0 Å². The predicted octanol–water partition coefficient (Wildman–Crippen LogP) is 4.20. The van der Waals surface area contributed by atoms with E-state index in [0.29, 0.717) is 0 Å². The summed E-state index contributed by atoms with van der Waals surface area (Å²) in [7, 11) is 2.06. The zero-order chi connectivity index (χ0) is 12.3. The fourth-order valence-corrected chi connectivity index (χ4v) is 5.54. The van der Waals surface area contributed by atoms with E-state index in [1.54, 1.807) is 10.9 Å². The lowest BCUT2D eigenvalue weighted by molar-refractivity contribution is 0.470. The van der Waals surface area contributed by atoms with Crippen LogP contribution in [0.15, 0.2) is 24.3 Å². The topological polar surface area (TPSA) is 0 Å². The first kappa shape index (κ1) is 13.5. The Morgan fingerprint density at radius 1 is 1.18 bits per heavy atom. The normalized spacial score (nSPS) is 27.5. The molecule has 0 saturated heterocycles. The van der Waals surface area contributed by atoms with Crippen LogP contribution >= 0.6 is 17.2 Å². The smallest absolute Gasteiger partial charge is 0.0150 e. The molecule has 0 radical (unpaired) electrons. The molecule has 94 valence electrons. The SMILES string of the molecule is CPc1ccccc1[C@@H](C)C1CCCC1PC. The van der Waals surface area contributed by atoms with Gasteiger partial charge in [-0.3, -0.25) is 0 Å². The Morgan fingerprint density at radius 3 is 2.65 bits per heavy atom. The van der Waals surface area contributed by atoms with Crippen LogP contribution in [0.4, 0.5) is 0 Å². The van der Waals surface area contributed by atoms with Crippen molar-refractivity contribution < 1.29 is 0 Å². The van der Waals surface area contributed by atoms with Gasteiger partial charge in [-0.1, -0.05) is 46.2 Å². The summed E-state index contributed by atoms with van der Waals surface area (Å²) in [5.74, 6) is 1.70. The zero-order valence-electron chi connectivity index (χ0n) is 11.2. The van der Waals surface area contributed by atoms with Crippen LogP contribution in [-0.4, -0.2) is 19.0 Å². The van der Waals surface area contributed by atoms with Crippen molar-refractivity contribution in [2.45, 2.75) is 37.8 Å². The predicted molar refractivity (Wildman–Crippen MR) is 84.1 cm³/mol. The molecule has 2 heteroatoms. The van der Waals surface area contributed by atoms with E-state index in [4.69, 9.17) is 0 Å². The molecule has 1 aliphatic carbocycles. The van der Waals surface area contributed by atoms with Crippen LogP contribution in [0.3, 0.4) is 0 Å². The zero-order valence-corrected chi connectivity index (χ0v) is 13.2. The molecule has 0 heterocycles. The van der Waals surface area contributed by atoms with Crippen molar-refractivity contribution in [1.82, 2.24) is 0 Å². The summed E-state index contributed by atoms with van der Waals surface area (Å²) >= 11 is 0. The van der Waals surface area contributed by atoms with Crippen LogP contribution in [0.1, 0.15) is 37.7 Å². The van der Waals surface area contributed by atoms with Gasteiger partial charge in [0, 0.05) is 0 Å². The van der Waals surface area contributed by atoms with Gasteiger partial charge >= 0.3 is 0 Å². The first-order valence-corrected chi connectivity index (χ1v) is 9.79. The van der Waals surface area contributed by atoms with Gasteiger partial charge in [0.15, 0.2) is 0 Å². The maximum atomic E-state index is 2.46. The number of hydrogen-bond acceptors (Lipinski definition) is 0. The molecule has 1 aliphatic rings. The summed E-state index contributed by atoms with van der Waals surface area (Å²) in [6.45, 7) is 7.16. The van der Waals surface area contributed by atoms with Gasteiger partial charge < -0.3 is 0 Å². The molecule has 0 N–H and O–H groups in total. The highest BCUT2D eigenvalue weighted by Crippen LogP contribution is 2.44. The van der Waals surface area contributed by atoms with Crippen LogP contribution in [-0.2, 0) is 0 Å². The lowest BCUT2D eigenvalue weighted by Gasteiger charge is -2.27. The van der Waals surface area contributed by atoms with E-state index >= 15 is 0 Å². The summed E-state index contributed by atoms with van der Waals surface area (Å²) in [5, 5.41) is 1.59. The minimum atomic E-state index is 0.763. The summed E-state index contributed by atoms with van der Waals surface area (Å²) in [5.41, 5.74) is 2.63. The molecule has 2 rings (SSSR count). The molecule has 0 amide bonds. The lowest BCUT2D eigenvalue weighted by atomic mass is 9.86. The summed E-state index contributed by atoms with van der Waals surface area (Å²) < 4.78 is 0. The fourth-order valence-electron chi connectivity index (χ4n) is 3.30. The molecule has 0 spiro atoms. The van der Waals surface area contributed by atoms with Gasteiger partial charge in [0.1, 0.15) is 0 Å². The van der Waals surface area contributed by atoms with E-state index in [1.807, 2.05) is 0 Å².